The lowest BCUT2D eigenvalue weighted by molar-refractivity contribution is 0.551. The standard InChI is InChI=1S/C27H25ClN4O2S3/c1-17(29-15-20-16-35-18(2)30-20)23-14-25(32(31-23)24-10-5-4-9-22(24)28)27-12-11-26(36-27)19-7-6-8-21(13-19)37(3,33)34/h4-14,16-17,29H,15H2,1-3H3. The third-order valence-corrected chi connectivity index (χ3v) is 9.32. The van der Waals surface area contributed by atoms with Gasteiger partial charge < -0.3 is 5.32 Å². The van der Waals surface area contributed by atoms with Crippen LogP contribution in [0, 0.1) is 6.92 Å². The van der Waals surface area contributed by atoms with Gasteiger partial charge in [-0.2, -0.15) is 5.10 Å². The fourth-order valence-corrected chi connectivity index (χ4v) is 6.46. The molecule has 0 aliphatic rings. The second-order valence-corrected chi connectivity index (χ2v) is 13.3. The Morgan fingerprint density at radius 2 is 1.84 bits per heavy atom. The highest BCUT2D eigenvalue weighted by Gasteiger charge is 2.19. The Bertz CT molecular complexity index is 1670. The Kier molecular flexibility index (Phi) is 7.33. The number of nitrogens with one attached hydrogen (secondary N) is 1. The van der Waals surface area contributed by atoms with Gasteiger partial charge in [0.15, 0.2) is 9.84 Å². The quantitative estimate of drug-likeness (QED) is 0.219. The largest absolute Gasteiger partial charge is 0.303 e. The summed E-state index contributed by atoms with van der Waals surface area (Å²) in [6.45, 7) is 4.74. The molecular weight excluding hydrogens is 544 g/mol. The van der Waals surface area contributed by atoms with Gasteiger partial charge in [0.1, 0.15) is 0 Å². The molecule has 0 spiro atoms. The number of hydrogen-bond donors (Lipinski definition) is 1. The van der Waals surface area contributed by atoms with Crippen molar-refractivity contribution in [3.8, 4) is 26.7 Å². The maximum Gasteiger partial charge on any atom is 0.175 e. The van der Waals surface area contributed by atoms with Crippen LogP contribution in [0.15, 0.2) is 77.0 Å². The molecule has 1 unspecified atom stereocenters. The molecule has 5 rings (SSSR count). The molecule has 2 aromatic carbocycles. The van der Waals surface area contributed by atoms with E-state index in [0.29, 0.717) is 16.5 Å². The fourth-order valence-electron chi connectivity index (χ4n) is 3.96. The van der Waals surface area contributed by atoms with Crippen molar-refractivity contribution < 1.29 is 8.42 Å². The molecule has 0 aliphatic carbocycles. The lowest BCUT2D eigenvalue weighted by Crippen LogP contribution is -2.19. The van der Waals surface area contributed by atoms with E-state index in [9.17, 15) is 8.42 Å². The first kappa shape index (κ1) is 25.8. The van der Waals surface area contributed by atoms with Crippen molar-refractivity contribution in [2.24, 2.45) is 0 Å². The Morgan fingerprint density at radius 1 is 1.05 bits per heavy atom. The van der Waals surface area contributed by atoms with E-state index >= 15 is 0 Å². The molecule has 0 radical (unpaired) electrons. The fraction of sp³-hybridized carbons (Fsp3) is 0.185. The smallest absolute Gasteiger partial charge is 0.175 e. The molecule has 0 saturated heterocycles. The zero-order valence-electron chi connectivity index (χ0n) is 20.5. The van der Waals surface area contributed by atoms with Gasteiger partial charge in [-0.15, -0.1) is 22.7 Å². The third-order valence-electron chi connectivity index (χ3n) is 5.91. The van der Waals surface area contributed by atoms with Crippen LogP contribution < -0.4 is 5.32 Å². The molecule has 0 aliphatic heterocycles. The second kappa shape index (κ2) is 10.5. The highest BCUT2D eigenvalue weighted by atomic mass is 35.5. The second-order valence-electron chi connectivity index (χ2n) is 8.74. The average Bonchev–Trinajstić information content (AvgIpc) is 3.62. The summed E-state index contributed by atoms with van der Waals surface area (Å²) < 4.78 is 26.0. The number of aryl methyl sites for hydroxylation is 1. The van der Waals surface area contributed by atoms with E-state index in [4.69, 9.17) is 16.7 Å². The highest BCUT2D eigenvalue weighted by molar-refractivity contribution is 7.90. The van der Waals surface area contributed by atoms with Crippen molar-refractivity contribution in [2.45, 2.75) is 31.3 Å². The summed E-state index contributed by atoms with van der Waals surface area (Å²) in [4.78, 5) is 6.81. The summed E-state index contributed by atoms with van der Waals surface area (Å²) in [7, 11) is -3.29. The van der Waals surface area contributed by atoms with Crippen LogP contribution in [0.1, 0.15) is 29.4 Å². The number of hydrogen-bond acceptors (Lipinski definition) is 7. The van der Waals surface area contributed by atoms with E-state index < -0.39 is 9.84 Å². The number of para-hydroxylation sites is 1. The van der Waals surface area contributed by atoms with E-state index in [1.807, 2.05) is 54.1 Å². The number of thiophene rings is 1. The van der Waals surface area contributed by atoms with E-state index in [2.05, 4.69) is 28.7 Å². The minimum atomic E-state index is -3.29. The maximum atomic E-state index is 12.1. The molecule has 0 fully saturated rings. The topological polar surface area (TPSA) is 76.9 Å². The lowest BCUT2D eigenvalue weighted by atomic mass is 10.2. The molecule has 3 heterocycles. The highest BCUT2D eigenvalue weighted by Crippen LogP contribution is 2.38. The van der Waals surface area contributed by atoms with Gasteiger partial charge in [-0.25, -0.2) is 18.1 Å². The zero-order valence-corrected chi connectivity index (χ0v) is 23.7. The van der Waals surface area contributed by atoms with Crippen LogP contribution in [-0.4, -0.2) is 29.4 Å². The molecule has 0 amide bonds. The monoisotopic (exact) mass is 568 g/mol. The number of thiazole rings is 1. The Hall–Kier alpha value is -2.82. The number of sulfone groups is 1. The normalized spacial score (nSPS) is 12.6. The van der Waals surface area contributed by atoms with Crippen LogP contribution in [-0.2, 0) is 16.4 Å². The maximum absolute atomic E-state index is 12.1. The molecule has 190 valence electrons. The molecule has 0 saturated carbocycles. The predicted octanol–water partition coefficient (Wildman–Crippen LogP) is 6.94. The Balaban J connectivity index is 1.51. The van der Waals surface area contributed by atoms with Gasteiger partial charge in [0.05, 0.1) is 42.6 Å². The van der Waals surface area contributed by atoms with Crippen molar-refractivity contribution in [1.29, 1.82) is 0 Å². The Labute approximate surface area is 229 Å². The number of halogens is 1. The van der Waals surface area contributed by atoms with Crippen LogP contribution >= 0.6 is 34.3 Å². The summed E-state index contributed by atoms with van der Waals surface area (Å²) in [6, 6.07) is 20.8. The van der Waals surface area contributed by atoms with Crippen molar-refractivity contribution in [1.82, 2.24) is 20.1 Å². The van der Waals surface area contributed by atoms with Crippen molar-refractivity contribution in [2.75, 3.05) is 6.26 Å². The van der Waals surface area contributed by atoms with E-state index in [0.717, 1.165) is 43.1 Å². The van der Waals surface area contributed by atoms with E-state index in [1.165, 1.54) is 6.26 Å². The van der Waals surface area contributed by atoms with Crippen molar-refractivity contribution in [3.63, 3.8) is 0 Å². The summed E-state index contributed by atoms with van der Waals surface area (Å²) in [6.07, 6.45) is 1.22. The minimum absolute atomic E-state index is 0.0182. The minimum Gasteiger partial charge on any atom is -0.303 e. The molecule has 6 nitrogen and oxygen atoms in total. The lowest BCUT2D eigenvalue weighted by Gasteiger charge is -2.10. The molecule has 10 heteroatoms. The van der Waals surface area contributed by atoms with E-state index in [-0.39, 0.29) is 6.04 Å². The molecule has 5 aromatic rings. The number of benzene rings is 2. The number of rotatable bonds is 8. The van der Waals surface area contributed by atoms with Crippen LogP contribution in [0.4, 0.5) is 0 Å². The first-order chi connectivity index (χ1) is 17.7. The van der Waals surface area contributed by atoms with Gasteiger partial charge in [-0.3, -0.25) is 0 Å². The van der Waals surface area contributed by atoms with Crippen molar-refractivity contribution in [3.05, 3.63) is 93.5 Å². The van der Waals surface area contributed by atoms with Gasteiger partial charge in [-0.05, 0) is 61.9 Å². The number of aromatic nitrogens is 3. The summed E-state index contributed by atoms with van der Waals surface area (Å²) in [5, 5.41) is 12.2. The third kappa shape index (κ3) is 5.71. The van der Waals surface area contributed by atoms with Crippen LogP contribution in [0.5, 0.6) is 0 Å². The first-order valence-corrected chi connectivity index (χ1v) is 15.6. The van der Waals surface area contributed by atoms with E-state index in [1.54, 1.807) is 40.9 Å². The van der Waals surface area contributed by atoms with Crippen LogP contribution in [0.3, 0.4) is 0 Å². The molecule has 3 aromatic heterocycles. The Morgan fingerprint density at radius 3 is 2.57 bits per heavy atom. The van der Waals surface area contributed by atoms with Crippen molar-refractivity contribution >= 4 is 44.1 Å². The van der Waals surface area contributed by atoms with Gasteiger partial charge in [0.25, 0.3) is 0 Å². The molecule has 37 heavy (non-hydrogen) atoms. The molecule has 1 N–H and O–H groups in total. The first-order valence-electron chi connectivity index (χ1n) is 11.6. The predicted molar refractivity (Wildman–Crippen MR) is 153 cm³/mol. The zero-order chi connectivity index (χ0) is 26.2. The van der Waals surface area contributed by atoms with Gasteiger partial charge in [0, 0.05) is 29.1 Å². The summed E-state index contributed by atoms with van der Waals surface area (Å²) >= 11 is 9.80. The molecule has 0 bridgehead atoms. The SMILES string of the molecule is Cc1nc(CNC(C)c2cc(-c3ccc(-c4cccc(S(C)(=O)=O)c4)s3)n(-c3ccccc3Cl)n2)cs1. The summed E-state index contributed by atoms with van der Waals surface area (Å²) in [5.41, 5.74) is 4.46. The van der Waals surface area contributed by atoms with Crippen LogP contribution in [0.25, 0.3) is 26.7 Å². The van der Waals surface area contributed by atoms with Crippen LogP contribution in [0.2, 0.25) is 5.02 Å². The van der Waals surface area contributed by atoms with Gasteiger partial charge in [0.2, 0.25) is 0 Å². The number of nitrogens with zero attached hydrogens (tertiary/aromatic N) is 3. The van der Waals surface area contributed by atoms with Gasteiger partial charge >= 0.3 is 0 Å². The summed E-state index contributed by atoms with van der Waals surface area (Å²) in [5.74, 6) is 0. The molecular formula is C27H25ClN4O2S3. The van der Waals surface area contributed by atoms with Gasteiger partial charge in [-0.1, -0.05) is 35.9 Å². The average molecular weight is 569 g/mol. The molecule has 1 atom stereocenters.